The molecule has 1 aromatic rings. The van der Waals surface area contributed by atoms with Crippen LogP contribution in [0.2, 0.25) is 0 Å². The fourth-order valence-corrected chi connectivity index (χ4v) is 4.47. The number of rotatable bonds is 10. The number of ether oxygens (including phenoxy) is 1. The Morgan fingerprint density at radius 2 is 1.81 bits per heavy atom. The zero-order valence-electron chi connectivity index (χ0n) is 18.0. The molecule has 2 rings (SSSR count). The number of phosphoric acid groups is 2. The van der Waals surface area contributed by atoms with Gasteiger partial charge >= 0.3 is 35.2 Å². The van der Waals surface area contributed by atoms with E-state index in [9.17, 15) is 33.9 Å². The molecule has 1 aliphatic heterocycles. The largest absolute Gasteiger partial charge is 1.00 e. The molecular weight excluding hydrogens is 485 g/mol. The Bertz CT molecular complexity index is 927. The summed E-state index contributed by atoms with van der Waals surface area (Å²) in [4.78, 5) is 38.9. The van der Waals surface area contributed by atoms with Crippen LogP contribution >= 0.6 is 15.6 Å². The molecular formula is C14H25N4NaO11P2. The molecule has 1 saturated heterocycles. The van der Waals surface area contributed by atoms with E-state index in [1.165, 1.54) is 6.07 Å². The van der Waals surface area contributed by atoms with E-state index >= 15 is 0 Å². The maximum absolute atomic E-state index is 11.9. The van der Waals surface area contributed by atoms with Gasteiger partial charge in [-0.3, -0.25) is 13.7 Å². The molecule has 4 N–H and O–H groups in total. The van der Waals surface area contributed by atoms with Crippen LogP contribution in [0.4, 0.5) is 5.82 Å². The second-order valence-electron chi connectivity index (χ2n) is 7.71. The van der Waals surface area contributed by atoms with Crippen molar-refractivity contribution in [2.45, 2.75) is 24.5 Å². The molecule has 3 unspecified atom stereocenters. The maximum atomic E-state index is 11.9. The summed E-state index contributed by atoms with van der Waals surface area (Å²) in [5.74, 6) is -0.0793. The molecule has 2 heterocycles. The number of phosphoric ester groups is 2. The van der Waals surface area contributed by atoms with Crippen molar-refractivity contribution in [3.05, 3.63) is 22.7 Å². The van der Waals surface area contributed by atoms with Crippen molar-refractivity contribution in [3.63, 3.8) is 0 Å². The maximum Gasteiger partial charge on any atom is 1.00 e. The minimum absolute atomic E-state index is 0. The number of nitrogen functional groups attached to an aromatic ring is 1. The van der Waals surface area contributed by atoms with E-state index in [1.54, 1.807) is 21.1 Å². The Kier molecular flexibility index (Phi) is 10.7. The van der Waals surface area contributed by atoms with Gasteiger partial charge in [0.25, 0.3) is 15.6 Å². The number of aromatic nitrogens is 2. The predicted molar refractivity (Wildman–Crippen MR) is 99.9 cm³/mol. The minimum Gasteiger partial charge on any atom is -0.756 e. The molecule has 0 aliphatic carbocycles. The molecule has 0 radical (unpaired) electrons. The molecule has 1 aromatic heterocycles. The number of aliphatic hydroxyl groups is 2. The van der Waals surface area contributed by atoms with Crippen LogP contribution in [-0.4, -0.2) is 83.5 Å². The SMILES string of the molecule is C[N+](C)(C)CCOP(=O)([O-])OP(=O)([O-])OC[C@H]1O[C@@H](n2ccc(N)nc2=O)C(O)[C@@H]1O.[Na+]. The molecule has 1 aliphatic rings. The van der Waals surface area contributed by atoms with Gasteiger partial charge in [-0.25, -0.2) is 9.11 Å². The topological polar surface area (TPSA) is 219 Å². The van der Waals surface area contributed by atoms with E-state index in [1.807, 2.05) is 0 Å². The van der Waals surface area contributed by atoms with E-state index in [2.05, 4.69) is 18.3 Å². The third-order valence-electron chi connectivity index (χ3n) is 4.07. The summed E-state index contributed by atoms with van der Waals surface area (Å²) >= 11 is 0. The van der Waals surface area contributed by atoms with Crippen LogP contribution in [-0.2, 0) is 27.2 Å². The molecule has 0 saturated carbocycles. The fourth-order valence-electron chi connectivity index (χ4n) is 2.48. The number of anilines is 1. The van der Waals surface area contributed by atoms with Gasteiger partial charge in [0.05, 0.1) is 27.7 Å². The number of hydrogen-bond acceptors (Lipinski definition) is 13. The molecule has 1 fully saturated rings. The third kappa shape index (κ3) is 8.85. The number of nitrogens with two attached hydrogens (primary N) is 1. The Morgan fingerprint density at radius 1 is 1.22 bits per heavy atom. The number of quaternary nitrogens is 1. The molecule has 15 nitrogen and oxygen atoms in total. The van der Waals surface area contributed by atoms with Gasteiger partial charge in [0, 0.05) is 6.20 Å². The van der Waals surface area contributed by atoms with Crippen molar-refractivity contribution >= 4 is 21.5 Å². The molecule has 178 valence electrons. The summed E-state index contributed by atoms with van der Waals surface area (Å²) in [6.45, 7) is -0.987. The summed E-state index contributed by atoms with van der Waals surface area (Å²) < 4.78 is 42.9. The van der Waals surface area contributed by atoms with Crippen LogP contribution in [0.3, 0.4) is 0 Å². The van der Waals surface area contributed by atoms with Gasteiger partial charge in [-0.15, -0.1) is 0 Å². The predicted octanol–water partition coefficient (Wildman–Crippen LogP) is -5.86. The van der Waals surface area contributed by atoms with Crippen molar-refractivity contribution in [2.75, 3.05) is 46.6 Å². The van der Waals surface area contributed by atoms with E-state index < -0.39 is 52.5 Å². The number of nitrogens with zero attached hydrogens (tertiary/aromatic N) is 3. The van der Waals surface area contributed by atoms with Gasteiger partial charge in [0.15, 0.2) is 6.23 Å². The van der Waals surface area contributed by atoms with Gasteiger partial charge < -0.3 is 44.0 Å². The standard InChI is InChI=1S/C14H26N4O11P2.Na/c1-18(2,3)6-7-26-30(22,23)29-31(24,25)27-8-9-11(19)12(20)13(28-9)17-5-4-10(15)16-14(17)21;/h4-5,9,11-13,19-20H,6-8H2,1-3H3,(H3-,15,16,21,22,23,24,25);/q;+1/p-1/t9-,11-,12?,13-;/m1./s1. The van der Waals surface area contributed by atoms with Gasteiger partial charge in [-0.05, 0) is 6.07 Å². The van der Waals surface area contributed by atoms with Crippen molar-refractivity contribution in [3.8, 4) is 0 Å². The van der Waals surface area contributed by atoms with Gasteiger partial charge in [0.2, 0.25) is 0 Å². The van der Waals surface area contributed by atoms with Crippen molar-refractivity contribution in [1.29, 1.82) is 0 Å². The average Bonchev–Trinajstić information content (AvgIpc) is 2.86. The summed E-state index contributed by atoms with van der Waals surface area (Å²) in [7, 11) is -5.36. The summed E-state index contributed by atoms with van der Waals surface area (Å²) in [5, 5.41) is 20.2. The smallest absolute Gasteiger partial charge is 0.756 e. The van der Waals surface area contributed by atoms with Crippen LogP contribution in [0, 0.1) is 0 Å². The van der Waals surface area contributed by atoms with Crippen LogP contribution in [0.1, 0.15) is 6.23 Å². The van der Waals surface area contributed by atoms with Crippen LogP contribution < -0.4 is 50.8 Å². The van der Waals surface area contributed by atoms with Crippen molar-refractivity contribution in [2.24, 2.45) is 0 Å². The van der Waals surface area contributed by atoms with Crippen LogP contribution in [0.15, 0.2) is 17.1 Å². The first-order valence-electron chi connectivity index (χ1n) is 8.89. The molecule has 32 heavy (non-hydrogen) atoms. The second-order valence-corrected chi connectivity index (χ2v) is 10.7. The normalized spacial score (nSPS) is 27.3. The number of likely N-dealkylation sites (N-methyl/N-ethyl adjacent to an activating group) is 1. The van der Waals surface area contributed by atoms with Gasteiger partial charge in [-0.2, -0.15) is 4.98 Å². The average molecular weight is 510 g/mol. The summed E-state index contributed by atoms with van der Waals surface area (Å²) in [5.41, 5.74) is 4.50. The van der Waals surface area contributed by atoms with E-state index in [0.29, 0.717) is 4.48 Å². The zero-order valence-corrected chi connectivity index (χ0v) is 21.8. The molecule has 0 aromatic carbocycles. The molecule has 18 heteroatoms. The van der Waals surface area contributed by atoms with E-state index in [0.717, 1.165) is 10.8 Å². The van der Waals surface area contributed by atoms with Crippen LogP contribution in [0.5, 0.6) is 0 Å². The minimum atomic E-state index is -5.43. The second kappa shape index (κ2) is 11.5. The molecule has 0 spiro atoms. The molecule has 0 amide bonds. The number of hydrogen-bond donors (Lipinski definition) is 3. The Balaban J connectivity index is 0.00000512. The quantitative estimate of drug-likeness (QED) is 0.152. The monoisotopic (exact) mass is 510 g/mol. The molecule has 0 bridgehead atoms. The first kappa shape index (κ1) is 29.8. The molecule has 6 atom stereocenters. The number of aliphatic hydroxyl groups excluding tert-OH is 2. The van der Waals surface area contributed by atoms with E-state index in [-0.39, 0.29) is 48.5 Å². The van der Waals surface area contributed by atoms with Crippen LogP contribution in [0.25, 0.3) is 0 Å². The zero-order chi connectivity index (χ0) is 23.6. The van der Waals surface area contributed by atoms with Crippen molar-refractivity contribution < 1.29 is 81.3 Å². The Labute approximate surface area is 205 Å². The first-order chi connectivity index (χ1) is 14.1. The Hall–Kier alpha value is -0.220. The summed E-state index contributed by atoms with van der Waals surface area (Å²) in [6, 6.07) is 1.25. The van der Waals surface area contributed by atoms with Crippen molar-refractivity contribution in [1.82, 2.24) is 9.55 Å². The Morgan fingerprint density at radius 3 is 2.38 bits per heavy atom. The fraction of sp³-hybridized carbons (Fsp3) is 0.714. The first-order valence-corrected chi connectivity index (χ1v) is 11.8. The summed E-state index contributed by atoms with van der Waals surface area (Å²) in [6.07, 6.45) is -5.01. The third-order valence-corrected chi connectivity index (χ3v) is 6.64. The van der Waals surface area contributed by atoms with E-state index in [4.69, 9.17) is 10.5 Å². The van der Waals surface area contributed by atoms with Gasteiger partial charge in [-0.1, -0.05) is 0 Å². The van der Waals surface area contributed by atoms with Gasteiger partial charge in [0.1, 0.15) is 37.3 Å².